The van der Waals surface area contributed by atoms with Gasteiger partial charge in [-0.1, -0.05) is 30.0 Å². The van der Waals surface area contributed by atoms with E-state index in [9.17, 15) is 9.59 Å². The van der Waals surface area contributed by atoms with E-state index < -0.39 is 0 Å². The van der Waals surface area contributed by atoms with Crippen LogP contribution in [0.2, 0.25) is 0 Å². The van der Waals surface area contributed by atoms with Gasteiger partial charge in [0.2, 0.25) is 5.91 Å². The van der Waals surface area contributed by atoms with Crippen LogP contribution in [0.5, 0.6) is 0 Å². The van der Waals surface area contributed by atoms with E-state index in [1.165, 1.54) is 6.92 Å². The van der Waals surface area contributed by atoms with E-state index in [0.29, 0.717) is 5.56 Å². The van der Waals surface area contributed by atoms with Crippen molar-refractivity contribution >= 4 is 46.4 Å². The lowest BCUT2D eigenvalue weighted by atomic mass is 10.1. The molecule has 0 spiro atoms. The standard InChI is InChI=1S/C17H14ClNO2S/c1-11(20)12-6-7-16-14(10-12)19(17(21)8-9-18)13-4-2-3-5-15(13)22-16/h2-7,10H,8-9H2,1H3. The highest BCUT2D eigenvalue weighted by Crippen LogP contribution is 2.48. The molecule has 1 amide bonds. The lowest BCUT2D eigenvalue weighted by Crippen LogP contribution is -2.28. The van der Waals surface area contributed by atoms with Crippen molar-refractivity contribution in [3.8, 4) is 0 Å². The van der Waals surface area contributed by atoms with Gasteiger partial charge in [0.15, 0.2) is 5.78 Å². The fraction of sp³-hybridized carbons (Fsp3) is 0.176. The number of carbonyl (C=O) groups is 2. The maximum absolute atomic E-state index is 12.6. The summed E-state index contributed by atoms with van der Waals surface area (Å²) in [4.78, 5) is 27.9. The number of amides is 1. The predicted octanol–water partition coefficient (Wildman–Crippen LogP) is 4.65. The van der Waals surface area contributed by atoms with Gasteiger partial charge in [-0.2, -0.15) is 0 Å². The molecule has 3 rings (SSSR count). The minimum Gasteiger partial charge on any atom is -0.295 e. The molecule has 1 heterocycles. The zero-order valence-corrected chi connectivity index (χ0v) is 13.6. The summed E-state index contributed by atoms with van der Waals surface area (Å²) in [5.74, 6) is 0.188. The quantitative estimate of drug-likeness (QED) is 0.607. The molecule has 0 aromatic heterocycles. The van der Waals surface area contributed by atoms with E-state index >= 15 is 0 Å². The summed E-state index contributed by atoms with van der Waals surface area (Å²) >= 11 is 7.35. The zero-order chi connectivity index (χ0) is 15.7. The van der Waals surface area contributed by atoms with Crippen LogP contribution in [-0.4, -0.2) is 17.6 Å². The second-order valence-electron chi connectivity index (χ2n) is 4.98. The van der Waals surface area contributed by atoms with Crippen LogP contribution in [0, 0.1) is 0 Å². The number of halogens is 1. The molecule has 0 aliphatic carbocycles. The molecule has 3 nitrogen and oxygen atoms in total. The number of nitrogens with zero attached hydrogens (tertiary/aromatic N) is 1. The second-order valence-corrected chi connectivity index (χ2v) is 6.44. The number of Topliss-reactive ketones (excluding diaryl/α,β-unsaturated/α-hetero) is 1. The van der Waals surface area contributed by atoms with Crippen molar-refractivity contribution in [1.82, 2.24) is 0 Å². The Hall–Kier alpha value is -1.78. The van der Waals surface area contributed by atoms with Crippen molar-refractivity contribution in [3.05, 3.63) is 48.0 Å². The third-order valence-electron chi connectivity index (χ3n) is 3.49. The van der Waals surface area contributed by atoms with Crippen LogP contribution in [0.1, 0.15) is 23.7 Å². The monoisotopic (exact) mass is 331 g/mol. The molecule has 1 aliphatic rings. The van der Waals surface area contributed by atoms with Crippen molar-refractivity contribution in [1.29, 1.82) is 0 Å². The van der Waals surface area contributed by atoms with E-state index in [4.69, 9.17) is 11.6 Å². The van der Waals surface area contributed by atoms with Crippen molar-refractivity contribution in [2.45, 2.75) is 23.1 Å². The molecular formula is C17H14ClNO2S. The minimum atomic E-state index is -0.0651. The molecule has 0 saturated heterocycles. The first-order chi connectivity index (χ1) is 10.6. The lowest BCUT2D eigenvalue weighted by Gasteiger charge is -2.31. The predicted molar refractivity (Wildman–Crippen MR) is 89.5 cm³/mol. The summed E-state index contributed by atoms with van der Waals surface area (Å²) in [6.07, 6.45) is 0.254. The molecule has 2 aromatic rings. The van der Waals surface area contributed by atoms with Gasteiger partial charge in [-0.3, -0.25) is 14.5 Å². The molecule has 5 heteroatoms. The number of anilines is 2. The number of para-hydroxylation sites is 1. The number of benzene rings is 2. The van der Waals surface area contributed by atoms with Gasteiger partial charge < -0.3 is 0 Å². The van der Waals surface area contributed by atoms with Crippen molar-refractivity contribution in [2.24, 2.45) is 0 Å². The molecule has 22 heavy (non-hydrogen) atoms. The molecule has 0 unspecified atom stereocenters. The van der Waals surface area contributed by atoms with Crippen molar-refractivity contribution < 1.29 is 9.59 Å². The summed E-state index contributed by atoms with van der Waals surface area (Å²) in [7, 11) is 0. The molecule has 2 aromatic carbocycles. The van der Waals surface area contributed by atoms with Crippen LogP contribution >= 0.6 is 23.4 Å². The normalized spacial score (nSPS) is 12.5. The third kappa shape index (κ3) is 2.64. The summed E-state index contributed by atoms with van der Waals surface area (Å²) in [6.45, 7) is 1.52. The van der Waals surface area contributed by atoms with Gasteiger partial charge in [-0.25, -0.2) is 0 Å². The fourth-order valence-electron chi connectivity index (χ4n) is 2.44. The first kappa shape index (κ1) is 15.1. The van der Waals surface area contributed by atoms with Gasteiger partial charge in [0.25, 0.3) is 0 Å². The average molecular weight is 332 g/mol. The van der Waals surface area contributed by atoms with E-state index in [2.05, 4.69) is 0 Å². The van der Waals surface area contributed by atoms with Crippen molar-refractivity contribution in [3.63, 3.8) is 0 Å². The Balaban J connectivity index is 2.16. The van der Waals surface area contributed by atoms with Crippen LogP contribution in [0.3, 0.4) is 0 Å². The second kappa shape index (κ2) is 6.15. The summed E-state index contributed by atoms with van der Waals surface area (Å²) in [6, 6.07) is 13.2. The number of fused-ring (bicyclic) bond motifs is 2. The summed E-state index contributed by atoms with van der Waals surface area (Å²) in [5, 5.41) is 0. The van der Waals surface area contributed by atoms with Gasteiger partial charge in [-0.05, 0) is 31.2 Å². The first-order valence-electron chi connectivity index (χ1n) is 6.92. The molecular weight excluding hydrogens is 318 g/mol. The molecule has 0 N–H and O–H groups in total. The van der Waals surface area contributed by atoms with Crippen LogP contribution in [0.25, 0.3) is 0 Å². The molecule has 1 aliphatic heterocycles. The Bertz CT molecular complexity index is 760. The SMILES string of the molecule is CC(=O)c1ccc2c(c1)N(C(=O)CCCl)c1ccccc1S2. The highest BCUT2D eigenvalue weighted by molar-refractivity contribution is 7.99. The zero-order valence-electron chi connectivity index (χ0n) is 12.0. The van der Waals surface area contributed by atoms with Crippen LogP contribution in [-0.2, 0) is 4.79 Å². The molecule has 112 valence electrons. The van der Waals surface area contributed by atoms with Crippen LogP contribution in [0.4, 0.5) is 11.4 Å². The van der Waals surface area contributed by atoms with Gasteiger partial charge in [0, 0.05) is 27.7 Å². The number of rotatable bonds is 3. The third-order valence-corrected chi connectivity index (χ3v) is 4.81. The Morgan fingerprint density at radius 1 is 1.09 bits per heavy atom. The Morgan fingerprint density at radius 2 is 1.82 bits per heavy atom. The lowest BCUT2D eigenvalue weighted by molar-refractivity contribution is -0.117. The van der Waals surface area contributed by atoms with E-state index in [-0.39, 0.29) is 24.0 Å². The first-order valence-corrected chi connectivity index (χ1v) is 8.27. The Labute approximate surface area is 138 Å². The number of hydrogen-bond donors (Lipinski definition) is 0. The highest BCUT2D eigenvalue weighted by Gasteiger charge is 2.28. The fourth-order valence-corrected chi connectivity index (χ4v) is 3.64. The van der Waals surface area contributed by atoms with E-state index in [1.807, 2.05) is 30.3 Å². The van der Waals surface area contributed by atoms with E-state index in [0.717, 1.165) is 21.2 Å². The minimum absolute atomic E-state index is 0.0172. The smallest absolute Gasteiger partial charge is 0.232 e. The number of hydrogen-bond acceptors (Lipinski definition) is 3. The van der Waals surface area contributed by atoms with Crippen molar-refractivity contribution in [2.75, 3.05) is 10.8 Å². The summed E-state index contributed by atoms with van der Waals surface area (Å²) < 4.78 is 0. The van der Waals surface area contributed by atoms with E-state index in [1.54, 1.807) is 28.8 Å². The molecule has 0 fully saturated rings. The topological polar surface area (TPSA) is 37.4 Å². The van der Waals surface area contributed by atoms with Gasteiger partial charge in [-0.15, -0.1) is 11.6 Å². The van der Waals surface area contributed by atoms with Crippen LogP contribution in [0.15, 0.2) is 52.3 Å². The highest BCUT2D eigenvalue weighted by atomic mass is 35.5. The Morgan fingerprint density at radius 3 is 2.55 bits per heavy atom. The molecule has 0 bridgehead atoms. The van der Waals surface area contributed by atoms with Gasteiger partial charge in [0.1, 0.15) is 0 Å². The Kier molecular flexibility index (Phi) is 4.23. The summed E-state index contributed by atoms with van der Waals surface area (Å²) in [5.41, 5.74) is 2.20. The average Bonchev–Trinajstić information content (AvgIpc) is 2.52. The maximum Gasteiger partial charge on any atom is 0.232 e. The molecule has 0 atom stereocenters. The molecule has 0 radical (unpaired) electrons. The van der Waals surface area contributed by atoms with Gasteiger partial charge in [0.05, 0.1) is 11.4 Å². The maximum atomic E-state index is 12.6. The number of ketones is 1. The molecule has 0 saturated carbocycles. The largest absolute Gasteiger partial charge is 0.295 e. The van der Waals surface area contributed by atoms with Crippen LogP contribution < -0.4 is 4.90 Å². The number of carbonyl (C=O) groups excluding carboxylic acids is 2. The number of alkyl halides is 1. The van der Waals surface area contributed by atoms with Gasteiger partial charge >= 0.3 is 0 Å².